The molecule has 0 saturated heterocycles. The Balaban J connectivity index is 0.00000196. The zero-order chi connectivity index (χ0) is 10.4. The summed E-state index contributed by atoms with van der Waals surface area (Å²) in [6.45, 7) is 6.72. The molecule has 0 saturated carbocycles. The molecule has 0 aliphatic carbocycles. The minimum atomic E-state index is -1.22. The predicted molar refractivity (Wildman–Crippen MR) is 65.4 cm³/mol. The Bertz CT molecular complexity index is 363. The van der Waals surface area contributed by atoms with Gasteiger partial charge in [-0.15, -0.1) is 47.5 Å². The van der Waals surface area contributed by atoms with Crippen LogP contribution in [-0.4, -0.2) is 8.07 Å². The van der Waals surface area contributed by atoms with Gasteiger partial charge in [-0.25, -0.2) is 0 Å². The van der Waals surface area contributed by atoms with Gasteiger partial charge in [0.2, 0.25) is 0 Å². The average Bonchev–Trinajstić information content (AvgIpc) is 2.13. The van der Waals surface area contributed by atoms with Gasteiger partial charge in [0.25, 0.3) is 0 Å². The molecule has 1 aromatic rings. The van der Waals surface area contributed by atoms with E-state index in [0.717, 1.165) is 5.56 Å². The fraction of sp³-hybridized carbons (Fsp3) is 0.231. The van der Waals surface area contributed by atoms with Gasteiger partial charge in [0.1, 0.15) is 8.07 Å². The first-order valence-corrected chi connectivity index (χ1v) is 8.24. The minimum Gasteiger partial charge on any atom is -0.150 e. The molecule has 0 radical (unpaired) electrons. The predicted octanol–water partition coefficient (Wildman–Crippen LogP) is 0.385. The second-order valence-electron chi connectivity index (χ2n) is 4.17. The van der Waals surface area contributed by atoms with Crippen LogP contribution in [0.5, 0.6) is 0 Å². The van der Waals surface area contributed by atoms with Crippen molar-refractivity contribution in [3.63, 3.8) is 0 Å². The first-order chi connectivity index (χ1) is 6.58. The number of hydrogen-bond donors (Lipinski definition) is 0. The van der Waals surface area contributed by atoms with Gasteiger partial charge in [0.15, 0.2) is 0 Å². The molecule has 0 bridgehead atoms. The van der Waals surface area contributed by atoms with Gasteiger partial charge in [-0.1, -0.05) is 31.6 Å². The summed E-state index contributed by atoms with van der Waals surface area (Å²) in [6.07, 6.45) is 3.90. The Morgan fingerprint density at radius 2 is 2.00 bits per heavy atom. The SMILES string of the molecule is C[Si](C)(C)C#C/C=C\c1[c-]cccc1.[Li+]. The van der Waals surface area contributed by atoms with E-state index in [4.69, 9.17) is 0 Å². The van der Waals surface area contributed by atoms with Crippen molar-refractivity contribution < 1.29 is 18.9 Å². The monoisotopic (exact) mass is 206 g/mol. The molecule has 0 heterocycles. The van der Waals surface area contributed by atoms with Crippen LogP contribution in [0, 0.1) is 17.5 Å². The van der Waals surface area contributed by atoms with Crippen molar-refractivity contribution in [1.82, 2.24) is 0 Å². The van der Waals surface area contributed by atoms with E-state index >= 15 is 0 Å². The number of hydrogen-bond acceptors (Lipinski definition) is 0. The van der Waals surface area contributed by atoms with Crippen molar-refractivity contribution in [3.05, 3.63) is 42.0 Å². The van der Waals surface area contributed by atoms with Crippen LogP contribution in [0.2, 0.25) is 19.6 Å². The Morgan fingerprint density at radius 3 is 2.53 bits per heavy atom. The largest absolute Gasteiger partial charge is 1.00 e. The molecule has 0 N–H and O–H groups in total. The zero-order valence-electron chi connectivity index (χ0n) is 9.96. The Labute approximate surface area is 106 Å². The van der Waals surface area contributed by atoms with E-state index in [1.807, 2.05) is 36.4 Å². The number of allylic oxidation sites excluding steroid dienone is 1. The van der Waals surface area contributed by atoms with Crippen molar-refractivity contribution in [1.29, 1.82) is 0 Å². The Hall–Kier alpha value is -0.666. The molecule has 0 fully saturated rings. The van der Waals surface area contributed by atoms with Crippen LogP contribution in [0.25, 0.3) is 6.08 Å². The second-order valence-corrected chi connectivity index (χ2v) is 8.92. The van der Waals surface area contributed by atoms with Crippen LogP contribution in [0.4, 0.5) is 0 Å². The van der Waals surface area contributed by atoms with Crippen molar-refractivity contribution in [2.45, 2.75) is 19.6 Å². The summed E-state index contributed by atoms with van der Waals surface area (Å²) in [4.78, 5) is 0. The van der Waals surface area contributed by atoms with E-state index in [0.29, 0.717) is 0 Å². The van der Waals surface area contributed by atoms with Crippen molar-refractivity contribution in [2.24, 2.45) is 0 Å². The van der Waals surface area contributed by atoms with Gasteiger partial charge in [0.05, 0.1) is 0 Å². The molecular formula is C13H15LiSi. The van der Waals surface area contributed by atoms with E-state index in [9.17, 15) is 0 Å². The van der Waals surface area contributed by atoms with Crippen LogP contribution < -0.4 is 18.9 Å². The molecule has 15 heavy (non-hydrogen) atoms. The van der Waals surface area contributed by atoms with Gasteiger partial charge < -0.3 is 0 Å². The van der Waals surface area contributed by atoms with Crippen LogP contribution in [0.15, 0.2) is 30.3 Å². The van der Waals surface area contributed by atoms with Crippen LogP contribution in [0.1, 0.15) is 5.56 Å². The second kappa shape index (κ2) is 6.75. The molecule has 0 atom stereocenters. The molecule has 0 aliphatic heterocycles. The number of benzene rings is 1. The summed E-state index contributed by atoms with van der Waals surface area (Å²) in [5.41, 5.74) is 4.36. The van der Waals surface area contributed by atoms with Gasteiger partial charge in [-0.2, -0.15) is 0 Å². The van der Waals surface area contributed by atoms with Gasteiger partial charge in [-0.3, -0.25) is 0 Å². The van der Waals surface area contributed by atoms with Crippen LogP contribution in [0.3, 0.4) is 0 Å². The van der Waals surface area contributed by atoms with Crippen LogP contribution in [-0.2, 0) is 0 Å². The molecule has 2 heteroatoms. The maximum Gasteiger partial charge on any atom is 1.00 e. The quantitative estimate of drug-likeness (QED) is 0.354. The van der Waals surface area contributed by atoms with E-state index < -0.39 is 8.07 Å². The Kier molecular flexibility index (Phi) is 6.45. The third kappa shape index (κ3) is 7.29. The molecule has 0 spiro atoms. The van der Waals surface area contributed by atoms with E-state index in [1.54, 1.807) is 0 Å². The molecule has 1 rings (SSSR count). The third-order valence-electron chi connectivity index (χ3n) is 1.53. The third-order valence-corrected chi connectivity index (χ3v) is 2.42. The van der Waals surface area contributed by atoms with Gasteiger partial charge in [-0.05, 0) is 0 Å². The zero-order valence-corrected chi connectivity index (χ0v) is 11.0. The smallest absolute Gasteiger partial charge is 0.150 e. The molecule has 1 aromatic carbocycles. The maximum absolute atomic E-state index is 3.28. The topological polar surface area (TPSA) is 0 Å². The molecule has 0 amide bonds. The average molecular weight is 206 g/mol. The summed E-state index contributed by atoms with van der Waals surface area (Å²) in [5, 5.41) is 0. The summed E-state index contributed by atoms with van der Waals surface area (Å²) in [5.74, 6) is 3.08. The summed E-state index contributed by atoms with van der Waals surface area (Å²) >= 11 is 0. The van der Waals surface area contributed by atoms with E-state index in [2.05, 4.69) is 37.2 Å². The standard InChI is InChI=1S/C13H15Si.Li/c1-14(2,3)12-8-7-11-13-9-5-4-6-10-13;/h4-7,9,11H,1-3H3;/q-1;+1/b11-7-;. The summed E-state index contributed by atoms with van der Waals surface area (Å²) in [6, 6.07) is 11.0. The first kappa shape index (κ1) is 14.3. The molecule has 72 valence electrons. The van der Waals surface area contributed by atoms with Crippen LogP contribution >= 0.6 is 0 Å². The van der Waals surface area contributed by atoms with E-state index in [1.165, 1.54) is 0 Å². The van der Waals surface area contributed by atoms with Gasteiger partial charge >= 0.3 is 18.9 Å². The van der Waals surface area contributed by atoms with Crippen molar-refractivity contribution in [3.8, 4) is 11.5 Å². The fourth-order valence-electron chi connectivity index (χ4n) is 0.901. The van der Waals surface area contributed by atoms with Crippen molar-refractivity contribution in [2.75, 3.05) is 0 Å². The number of rotatable bonds is 1. The first-order valence-electron chi connectivity index (χ1n) is 4.74. The van der Waals surface area contributed by atoms with Crippen molar-refractivity contribution >= 4 is 14.1 Å². The minimum absolute atomic E-state index is 0. The summed E-state index contributed by atoms with van der Waals surface area (Å²) < 4.78 is 0. The fourth-order valence-corrected chi connectivity index (χ4v) is 1.42. The summed E-state index contributed by atoms with van der Waals surface area (Å²) in [7, 11) is -1.22. The molecule has 0 unspecified atom stereocenters. The molecule has 0 nitrogen and oxygen atoms in total. The maximum atomic E-state index is 3.28. The normalized spacial score (nSPS) is 10.3. The molecule has 0 aliphatic rings. The Morgan fingerprint density at radius 1 is 1.27 bits per heavy atom. The van der Waals surface area contributed by atoms with E-state index in [-0.39, 0.29) is 18.9 Å². The molecule has 0 aromatic heterocycles. The molecular weight excluding hydrogens is 191 g/mol. The van der Waals surface area contributed by atoms with Gasteiger partial charge in [0, 0.05) is 0 Å².